The number of rotatable bonds is 3. The summed E-state index contributed by atoms with van der Waals surface area (Å²) in [5.74, 6) is -0.0328. The van der Waals surface area contributed by atoms with Gasteiger partial charge in [0.25, 0.3) is 0 Å². The molecule has 0 atom stereocenters. The van der Waals surface area contributed by atoms with E-state index in [1.807, 2.05) is 0 Å². The minimum absolute atomic E-state index is 0.0151. The summed E-state index contributed by atoms with van der Waals surface area (Å²) in [7, 11) is 1.41. The van der Waals surface area contributed by atoms with E-state index in [2.05, 4.69) is 0 Å². The van der Waals surface area contributed by atoms with Crippen LogP contribution in [0.2, 0.25) is 0 Å². The zero-order valence-corrected chi connectivity index (χ0v) is 10.2. The van der Waals surface area contributed by atoms with E-state index in [0.29, 0.717) is 5.56 Å². The Kier molecular flexibility index (Phi) is 3.56. The summed E-state index contributed by atoms with van der Waals surface area (Å²) in [4.78, 5) is 11.9. The third kappa shape index (κ3) is 2.95. The molecule has 2 aromatic carbocycles. The lowest BCUT2D eigenvalue weighted by Gasteiger charge is -2.09. The molecule has 0 saturated carbocycles. The van der Waals surface area contributed by atoms with Crippen molar-refractivity contribution >= 4 is 5.97 Å². The number of carbonyl (C=O) groups is 1. The van der Waals surface area contributed by atoms with Gasteiger partial charge in [0, 0.05) is 6.07 Å². The fourth-order valence-corrected chi connectivity index (χ4v) is 1.50. The van der Waals surface area contributed by atoms with E-state index >= 15 is 0 Å². The maximum Gasteiger partial charge on any atom is 0.343 e. The van der Waals surface area contributed by atoms with E-state index in [4.69, 9.17) is 14.6 Å². The molecule has 0 aliphatic rings. The van der Waals surface area contributed by atoms with E-state index in [9.17, 15) is 9.90 Å². The highest BCUT2D eigenvalue weighted by Gasteiger charge is 2.12. The van der Waals surface area contributed by atoms with Gasteiger partial charge < -0.3 is 19.7 Å². The molecule has 0 aliphatic heterocycles. The summed E-state index contributed by atoms with van der Waals surface area (Å²) in [6, 6.07) is 9.86. The van der Waals surface area contributed by atoms with Gasteiger partial charge in [-0.2, -0.15) is 0 Å². The minimum atomic E-state index is -0.580. The van der Waals surface area contributed by atoms with Crippen molar-refractivity contribution in [2.75, 3.05) is 7.11 Å². The van der Waals surface area contributed by atoms with Crippen LogP contribution in [0.25, 0.3) is 0 Å². The Hall–Kier alpha value is -2.69. The quantitative estimate of drug-likeness (QED) is 0.654. The fourth-order valence-electron chi connectivity index (χ4n) is 1.50. The van der Waals surface area contributed by atoms with E-state index in [-0.39, 0.29) is 23.0 Å². The Morgan fingerprint density at radius 1 is 0.947 bits per heavy atom. The molecule has 0 spiro atoms. The van der Waals surface area contributed by atoms with Crippen molar-refractivity contribution in [3.05, 3.63) is 48.0 Å². The summed E-state index contributed by atoms with van der Waals surface area (Å²) < 4.78 is 10.2. The lowest BCUT2D eigenvalue weighted by Crippen LogP contribution is -2.08. The number of benzene rings is 2. The third-order valence-electron chi connectivity index (χ3n) is 2.45. The average Bonchev–Trinajstić information content (AvgIpc) is 2.41. The van der Waals surface area contributed by atoms with Gasteiger partial charge in [0.1, 0.15) is 11.5 Å². The van der Waals surface area contributed by atoms with Crippen LogP contribution >= 0.6 is 0 Å². The standard InChI is InChI=1S/C14H12O5/c1-18-13-8-11(16)6-7-12(13)19-14(17)9-2-4-10(15)5-3-9/h2-8,15-16H,1H3. The monoisotopic (exact) mass is 260 g/mol. The number of methoxy groups -OCH3 is 1. The molecule has 98 valence electrons. The first-order valence-corrected chi connectivity index (χ1v) is 5.48. The fraction of sp³-hybridized carbons (Fsp3) is 0.0714. The van der Waals surface area contributed by atoms with Crippen molar-refractivity contribution in [3.63, 3.8) is 0 Å². The van der Waals surface area contributed by atoms with Gasteiger partial charge >= 0.3 is 5.97 Å². The van der Waals surface area contributed by atoms with Crippen LogP contribution in [0.4, 0.5) is 0 Å². The molecule has 0 radical (unpaired) electrons. The highest BCUT2D eigenvalue weighted by molar-refractivity contribution is 5.91. The number of hydrogen-bond acceptors (Lipinski definition) is 5. The van der Waals surface area contributed by atoms with E-state index in [1.165, 1.54) is 49.6 Å². The van der Waals surface area contributed by atoms with Gasteiger partial charge in [-0.25, -0.2) is 4.79 Å². The van der Waals surface area contributed by atoms with Crippen molar-refractivity contribution < 1.29 is 24.5 Å². The zero-order chi connectivity index (χ0) is 13.8. The summed E-state index contributed by atoms with van der Waals surface area (Å²) in [6.07, 6.45) is 0. The van der Waals surface area contributed by atoms with Crippen LogP contribution < -0.4 is 9.47 Å². The third-order valence-corrected chi connectivity index (χ3v) is 2.45. The number of carbonyl (C=O) groups excluding carboxylic acids is 1. The molecule has 0 amide bonds. The normalized spacial score (nSPS) is 9.95. The van der Waals surface area contributed by atoms with Crippen molar-refractivity contribution in [1.82, 2.24) is 0 Å². The lowest BCUT2D eigenvalue weighted by atomic mass is 10.2. The molecule has 0 heterocycles. The first-order chi connectivity index (χ1) is 9.10. The van der Waals surface area contributed by atoms with Crippen molar-refractivity contribution in [1.29, 1.82) is 0 Å². The first kappa shape index (κ1) is 12.8. The molecule has 0 fully saturated rings. The SMILES string of the molecule is COc1cc(O)ccc1OC(=O)c1ccc(O)cc1. The first-order valence-electron chi connectivity index (χ1n) is 5.48. The molecule has 0 aliphatic carbocycles. The molecule has 0 aromatic heterocycles. The Morgan fingerprint density at radius 3 is 2.21 bits per heavy atom. The molecular weight excluding hydrogens is 248 g/mol. The van der Waals surface area contributed by atoms with Gasteiger partial charge in [-0.3, -0.25) is 0 Å². The van der Waals surface area contributed by atoms with Crippen LogP contribution in [0, 0.1) is 0 Å². The Bertz CT molecular complexity index is 589. The zero-order valence-electron chi connectivity index (χ0n) is 10.2. The Balaban J connectivity index is 2.21. The molecule has 0 unspecified atom stereocenters. The van der Waals surface area contributed by atoms with Crippen LogP contribution in [0.15, 0.2) is 42.5 Å². The summed E-state index contributed by atoms with van der Waals surface area (Å²) >= 11 is 0. The number of ether oxygens (including phenoxy) is 2. The predicted molar refractivity (Wildman–Crippen MR) is 67.7 cm³/mol. The molecule has 2 rings (SSSR count). The molecule has 5 heteroatoms. The smallest absolute Gasteiger partial charge is 0.343 e. The second-order valence-corrected chi connectivity index (χ2v) is 3.77. The second kappa shape index (κ2) is 5.30. The molecule has 2 N–H and O–H groups in total. The second-order valence-electron chi connectivity index (χ2n) is 3.77. The van der Waals surface area contributed by atoms with Crippen molar-refractivity contribution in [2.45, 2.75) is 0 Å². The Morgan fingerprint density at radius 2 is 1.58 bits per heavy atom. The molecule has 0 bridgehead atoms. The van der Waals surface area contributed by atoms with Crippen LogP contribution in [-0.2, 0) is 0 Å². The summed E-state index contributed by atoms with van der Waals surface area (Å²) in [5, 5.41) is 18.4. The highest BCUT2D eigenvalue weighted by atomic mass is 16.6. The molecule has 5 nitrogen and oxygen atoms in total. The molecule has 0 saturated heterocycles. The van der Waals surface area contributed by atoms with Gasteiger partial charge in [0.2, 0.25) is 0 Å². The molecular formula is C14H12O5. The van der Waals surface area contributed by atoms with Gasteiger partial charge in [-0.15, -0.1) is 0 Å². The number of phenolic OH excluding ortho intramolecular Hbond substituents is 2. The van der Waals surface area contributed by atoms with Gasteiger partial charge in [-0.1, -0.05) is 0 Å². The maximum atomic E-state index is 11.9. The Labute approximate surface area is 109 Å². The average molecular weight is 260 g/mol. The molecule has 19 heavy (non-hydrogen) atoms. The van der Waals surface area contributed by atoms with Gasteiger partial charge in [-0.05, 0) is 36.4 Å². The summed E-state index contributed by atoms with van der Waals surface area (Å²) in [5.41, 5.74) is 0.299. The van der Waals surface area contributed by atoms with Crippen LogP contribution in [0.5, 0.6) is 23.0 Å². The largest absolute Gasteiger partial charge is 0.508 e. The number of esters is 1. The predicted octanol–water partition coefficient (Wildman–Crippen LogP) is 2.33. The van der Waals surface area contributed by atoms with E-state index in [1.54, 1.807) is 0 Å². The van der Waals surface area contributed by atoms with E-state index in [0.717, 1.165) is 0 Å². The van der Waals surface area contributed by atoms with Crippen LogP contribution in [0.3, 0.4) is 0 Å². The summed E-state index contributed by atoms with van der Waals surface area (Å²) in [6.45, 7) is 0. The minimum Gasteiger partial charge on any atom is -0.508 e. The van der Waals surface area contributed by atoms with Crippen LogP contribution in [0.1, 0.15) is 10.4 Å². The highest BCUT2D eigenvalue weighted by Crippen LogP contribution is 2.31. The maximum absolute atomic E-state index is 11.9. The van der Waals surface area contributed by atoms with Crippen molar-refractivity contribution in [2.24, 2.45) is 0 Å². The topological polar surface area (TPSA) is 76.0 Å². The van der Waals surface area contributed by atoms with Gasteiger partial charge in [0.05, 0.1) is 12.7 Å². The number of hydrogen-bond donors (Lipinski definition) is 2. The number of aromatic hydroxyl groups is 2. The van der Waals surface area contributed by atoms with Crippen molar-refractivity contribution in [3.8, 4) is 23.0 Å². The van der Waals surface area contributed by atoms with Gasteiger partial charge in [0.15, 0.2) is 11.5 Å². The lowest BCUT2D eigenvalue weighted by molar-refractivity contribution is 0.0729. The molecule has 2 aromatic rings. The van der Waals surface area contributed by atoms with Crippen LogP contribution in [-0.4, -0.2) is 23.3 Å². The number of phenols is 2. The van der Waals surface area contributed by atoms with E-state index < -0.39 is 5.97 Å².